The lowest BCUT2D eigenvalue weighted by atomic mass is 10.1. The maximum absolute atomic E-state index is 5.66. The van der Waals surface area contributed by atoms with E-state index in [2.05, 4.69) is 12.6 Å². The molecule has 0 aromatic heterocycles. The van der Waals surface area contributed by atoms with Crippen LogP contribution in [0.2, 0.25) is 0 Å². The minimum Gasteiger partial charge on any atom is -0.490 e. The van der Waals surface area contributed by atoms with E-state index in [0.717, 1.165) is 43.1 Å². The maximum Gasteiger partial charge on any atom is 0.164 e. The second-order valence-corrected chi connectivity index (χ2v) is 3.29. The molecule has 74 valence electrons. The van der Waals surface area contributed by atoms with Crippen LogP contribution in [0.1, 0.15) is 12.0 Å². The summed E-state index contributed by atoms with van der Waals surface area (Å²) in [5.74, 6) is 1.76. The van der Waals surface area contributed by atoms with E-state index in [0.29, 0.717) is 0 Å². The van der Waals surface area contributed by atoms with Gasteiger partial charge in [0.1, 0.15) is 0 Å². The van der Waals surface area contributed by atoms with Crippen LogP contribution in [0.4, 0.5) is 0 Å². The Hall–Kier alpha value is -1.44. The molecule has 2 rings (SSSR count). The zero-order valence-corrected chi connectivity index (χ0v) is 8.16. The molecule has 0 fully saturated rings. The molecule has 1 aliphatic heterocycles. The number of ether oxygens (including phenoxy) is 2. The van der Waals surface area contributed by atoms with Crippen molar-refractivity contribution in [3.05, 3.63) is 36.4 Å². The first-order chi connectivity index (χ1) is 6.92. The average Bonchev–Trinajstić information content (AvgIpc) is 2.44. The minimum atomic E-state index is 0.737. The van der Waals surface area contributed by atoms with Crippen LogP contribution in [0.5, 0.6) is 11.5 Å². The van der Waals surface area contributed by atoms with Gasteiger partial charge in [0.25, 0.3) is 0 Å². The summed E-state index contributed by atoms with van der Waals surface area (Å²) in [5.41, 5.74) is 1.15. The number of benzene rings is 1. The molecule has 0 bridgehead atoms. The van der Waals surface area contributed by atoms with Crippen molar-refractivity contribution in [1.82, 2.24) is 0 Å². The van der Waals surface area contributed by atoms with Crippen LogP contribution < -0.4 is 9.47 Å². The van der Waals surface area contributed by atoms with Crippen molar-refractivity contribution < 1.29 is 9.47 Å². The Morgan fingerprint density at radius 2 is 2.14 bits per heavy atom. The fourth-order valence-electron chi connectivity index (χ4n) is 1.57. The fourth-order valence-corrected chi connectivity index (χ4v) is 1.57. The number of hydrogen-bond donors (Lipinski definition) is 0. The predicted molar refractivity (Wildman–Crippen MR) is 56.0 cm³/mol. The van der Waals surface area contributed by atoms with Crippen LogP contribution in [-0.2, 0) is 6.42 Å². The third-order valence-corrected chi connectivity index (χ3v) is 2.22. The molecule has 0 N–H and O–H groups in total. The van der Waals surface area contributed by atoms with Crippen LogP contribution in [0.25, 0.3) is 0 Å². The first kappa shape index (κ1) is 9.13. The molecule has 14 heavy (non-hydrogen) atoms. The number of allylic oxidation sites excluding steroid dienone is 1. The predicted octanol–water partition coefficient (Wildman–Crippen LogP) is 2.58. The van der Waals surface area contributed by atoms with Crippen molar-refractivity contribution in [2.75, 3.05) is 13.2 Å². The van der Waals surface area contributed by atoms with Crippen molar-refractivity contribution in [2.24, 2.45) is 0 Å². The van der Waals surface area contributed by atoms with Gasteiger partial charge in [-0.05, 0) is 12.5 Å². The number of hydrogen-bond acceptors (Lipinski definition) is 2. The van der Waals surface area contributed by atoms with Crippen LogP contribution in [0.15, 0.2) is 30.9 Å². The van der Waals surface area contributed by atoms with Crippen LogP contribution in [0, 0.1) is 0 Å². The number of fused-ring (bicyclic) bond motifs is 1. The molecule has 1 aliphatic rings. The van der Waals surface area contributed by atoms with Crippen LogP contribution in [-0.4, -0.2) is 13.2 Å². The molecule has 0 spiro atoms. The Morgan fingerprint density at radius 3 is 3.00 bits per heavy atom. The summed E-state index contributed by atoms with van der Waals surface area (Å²) >= 11 is 0. The highest BCUT2D eigenvalue weighted by Gasteiger charge is 2.12. The normalized spacial score (nSPS) is 14.6. The van der Waals surface area contributed by atoms with Gasteiger partial charge in [-0.1, -0.05) is 18.2 Å². The molecule has 0 radical (unpaired) electrons. The standard InChI is InChI=1S/C12H14O2/c1-2-5-10-6-3-7-11-12(10)14-9-4-8-13-11/h2-3,6-7H,1,4-5,8-9H2. The van der Waals surface area contributed by atoms with Gasteiger partial charge < -0.3 is 9.47 Å². The summed E-state index contributed by atoms with van der Waals surface area (Å²) in [4.78, 5) is 0. The third kappa shape index (κ3) is 1.74. The van der Waals surface area contributed by atoms with Crippen molar-refractivity contribution in [1.29, 1.82) is 0 Å². The first-order valence-electron chi connectivity index (χ1n) is 4.90. The SMILES string of the molecule is C=CCc1cccc2c1OCCCO2. The lowest BCUT2D eigenvalue weighted by Crippen LogP contribution is -1.98. The van der Waals surface area contributed by atoms with E-state index < -0.39 is 0 Å². The zero-order chi connectivity index (χ0) is 9.80. The molecule has 1 aromatic carbocycles. The van der Waals surface area contributed by atoms with E-state index >= 15 is 0 Å². The molecule has 0 aliphatic carbocycles. The van der Waals surface area contributed by atoms with E-state index in [1.807, 2.05) is 18.2 Å². The summed E-state index contributed by atoms with van der Waals surface area (Å²) in [5, 5.41) is 0. The van der Waals surface area contributed by atoms with Gasteiger partial charge in [-0.2, -0.15) is 0 Å². The highest BCUT2D eigenvalue weighted by molar-refractivity contribution is 5.47. The van der Waals surface area contributed by atoms with Crippen molar-refractivity contribution in [3.63, 3.8) is 0 Å². The van der Waals surface area contributed by atoms with Crippen LogP contribution >= 0.6 is 0 Å². The topological polar surface area (TPSA) is 18.5 Å². The lowest BCUT2D eigenvalue weighted by Gasteiger charge is -2.10. The van der Waals surface area contributed by atoms with E-state index in [1.165, 1.54) is 0 Å². The van der Waals surface area contributed by atoms with Gasteiger partial charge in [-0.15, -0.1) is 6.58 Å². The minimum absolute atomic E-state index is 0.737. The van der Waals surface area contributed by atoms with Gasteiger partial charge in [-0.3, -0.25) is 0 Å². The molecule has 0 saturated heterocycles. The summed E-state index contributed by atoms with van der Waals surface area (Å²) in [6.45, 7) is 5.21. The molecular formula is C12H14O2. The Labute approximate surface area is 84.2 Å². The Balaban J connectivity index is 2.37. The summed E-state index contributed by atoms with van der Waals surface area (Å²) in [6, 6.07) is 5.99. The van der Waals surface area contributed by atoms with Gasteiger partial charge in [-0.25, -0.2) is 0 Å². The monoisotopic (exact) mass is 190 g/mol. The third-order valence-electron chi connectivity index (χ3n) is 2.22. The quantitative estimate of drug-likeness (QED) is 0.667. The van der Waals surface area contributed by atoms with E-state index in [4.69, 9.17) is 9.47 Å². The van der Waals surface area contributed by atoms with Gasteiger partial charge in [0.05, 0.1) is 13.2 Å². The second-order valence-electron chi connectivity index (χ2n) is 3.29. The van der Waals surface area contributed by atoms with Gasteiger partial charge in [0.2, 0.25) is 0 Å². The van der Waals surface area contributed by atoms with E-state index in [1.54, 1.807) is 0 Å². The summed E-state index contributed by atoms with van der Waals surface area (Å²) in [6.07, 6.45) is 3.65. The molecule has 1 heterocycles. The smallest absolute Gasteiger partial charge is 0.164 e. The Kier molecular flexibility index (Phi) is 2.73. The van der Waals surface area contributed by atoms with Gasteiger partial charge in [0, 0.05) is 12.0 Å². The molecule has 0 atom stereocenters. The molecule has 0 unspecified atom stereocenters. The lowest BCUT2D eigenvalue weighted by molar-refractivity contribution is 0.296. The van der Waals surface area contributed by atoms with Crippen molar-refractivity contribution in [2.45, 2.75) is 12.8 Å². The Bertz CT molecular complexity index is 331. The van der Waals surface area contributed by atoms with E-state index in [-0.39, 0.29) is 0 Å². The molecule has 2 nitrogen and oxygen atoms in total. The summed E-state index contributed by atoms with van der Waals surface area (Å²) < 4.78 is 11.2. The van der Waals surface area contributed by atoms with Crippen molar-refractivity contribution >= 4 is 0 Å². The Morgan fingerprint density at radius 1 is 1.29 bits per heavy atom. The molecular weight excluding hydrogens is 176 g/mol. The van der Waals surface area contributed by atoms with Gasteiger partial charge in [0.15, 0.2) is 11.5 Å². The second kappa shape index (κ2) is 4.18. The summed E-state index contributed by atoms with van der Waals surface area (Å²) in [7, 11) is 0. The van der Waals surface area contributed by atoms with Crippen molar-refractivity contribution in [3.8, 4) is 11.5 Å². The highest BCUT2D eigenvalue weighted by atomic mass is 16.5. The fraction of sp³-hybridized carbons (Fsp3) is 0.333. The molecule has 0 amide bonds. The average molecular weight is 190 g/mol. The molecule has 0 saturated carbocycles. The maximum atomic E-state index is 5.66. The van der Waals surface area contributed by atoms with E-state index in [9.17, 15) is 0 Å². The molecule has 2 heteroatoms. The highest BCUT2D eigenvalue weighted by Crippen LogP contribution is 2.33. The zero-order valence-electron chi connectivity index (χ0n) is 8.16. The number of rotatable bonds is 2. The number of para-hydroxylation sites is 1. The molecule has 1 aromatic rings. The largest absolute Gasteiger partial charge is 0.490 e. The van der Waals surface area contributed by atoms with Crippen LogP contribution in [0.3, 0.4) is 0 Å². The first-order valence-corrected chi connectivity index (χ1v) is 4.90. The van der Waals surface area contributed by atoms with Gasteiger partial charge >= 0.3 is 0 Å².